The van der Waals surface area contributed by atoms with Crippen LogP contribution in [0.5, 0.6) is 5.75 Å². The Morgan fingerprint density at radius 3 is 2.33 bits per heavy atom. The molecule has 18 heteroatoms. The van der Waals surface area contributed by atoms with Gasteiger partial charge < -0.3 is 41.0 Å². The molecule has 4 heterocycles. The second kappa shape index (κ2) is 27.8. The minimum atomic E-state index is -0.295. The van der Waals surface area contributed by atoms with Crippen molar-refractivity contribution in [2.24, 2.45) is 5.73 Å². The number of imide groups is 1. The van der Waals surface area contributed by atoms with Crippen molar-refractivity contribution in [3.05, 3.63) is 106 Å². The number of methoxy groups -OCH3 is 1. The van der Waals surface area contributed by atoms with Gasteiger partial charge in [-0.15, -0.1) is 0 Å². The third kappa shape index (κ3) is 15.8. The Bertz CT molecular complexity index is 2240. The van der Waals surface area contributed by atoms with Gasteiger partial charge in [-0.3, -0.25) is 34.5 Å². The van der Waals surface area contributed by atoms with Crippen LogP contribution >= 0.6 is 0 Å². The number of piperazine rings is 1. The molecule has 3 aromatic carbocycles. The number of nitrogens with one attached hydrogen (secondary N) is 2. The molecule has 2 saturated heterocycles. The number of hydrogen-bond donors (Lipinski definition) is 4. The summed E-state index contributed by atoms with van der Waals surface area (Å²) in [6.45, 7) is 12.4. The minimum Gasteiger partial charge on any atom is -0.496 e. The van der Waals surface area contributed by atoms with Gasteiger partial charge in [0.2, 0.25) is 19.2 Å². The third-order valence-corrected chi connectivity index (χ3v) is 11.9. The molecule has 6 N–H and O–H groups in total. The predicted molar refractivity (Wildman–Crippen MR) is 261 cm³/mol. The molecule has 2 unspecified atom stereocenters. The molecule has 0 bridgehead atoms. The molecule has 0 spiro atoms. The number of nitrogens with zero attached hydrogens (tertiary/aromatic N) is 6. The Kier molecular flexibility index (Phi) is 22.1. The lowest BCUT2D eigenvalue weighted by Gasteiger charge is -2.36. The fraction of sp³-hybridized carbons (Fsp3) is 0.429. The maximum absolute atomic E-state index is 13.7. The van der Waals surface area contributed by atoms with Crippen molar-refractivity contribution in [3.63, 3.8) is 0 Å². The van der Waals surface area contributed by atoms with Crippen LogP contribution in [0.2, 0.25) is 5.82 Å². The van der Waals surface area contributed by atoms with Crippen molar-refractivity contribution in [3.8, 4) is 5.75 Å². The Morgan fingerprint density at radius 2 is 1.72 bits per heavy atom. The van der Waals surface area contributed by atoms with E-state index in [1.54, 1.807) is 18.5 Å². The Balaban J connectivity index is 0.000000255. The van der Waals surface area contributed by atoms with Gasteiger partial charge in [0.15, 0.2) is 7.28 Å². The quantitative estimate of drug-likeness (QED) is 0.0482. The van der Waals surface area contributed by atoms with Crippen molar-refractivity contribution >= 4 is 61.5 Å². The number of nitrogen functional groups attached to an aromatic ring is 1. The van der Waals surface area contributed by atoms with Gasteiger partial charge >= 0.3 is 0 Å². The molecule has 3 aliphatic heterocycles. The van der Waals surface area contributed by atoms with Crippen LogP contribution < -0.4 is 32.0 Å². The van der Waals surface area contributed by atoms with Gasteiger partial charge in [0.1, 0.15) is 30.0 Å². The second-order valence-electron chi connectivity index (χ2n) is 16.6. The number of halogens is 1. The molecule has 1 radical (unpaired) electrons. The molecular formula is C49H65BFN10O6. The monoisotopic (exact) mass is 920 g/mol. The molecule has 16 nitrogen and oxygen atoms in total. The molecule has 3 aliphatic rings. The van der Waals surface area contributed by atoms with Crippen LogP contribution in [0.1, 0.15) is 90.5 Å². The van der Waals surface area contributed by atoms with E-state index in [2.05, 4.69) is 70.7 Å². The largest absolute Gasteiger partial charge is 0.496 e. The van der Waals surface area contributed by atoms with Crippen LogP contribution in [0.15, 0.2) is 67.0 Å². The molecule has 0 saturated carbocycles. The van der Waals surface area contributed by atoms with Crippen molar-refractivity contribution in [1.82, 2.24) is 30.0 Å². The summed E-state index contributed by atoms with van der Waals surface area (Å²) in [7, 11) is 5.79. The molecule has 1 aromatic heterocycles. The zero-order valence-electron chi connectivity index (χ0n) is 39.2. The molecule has 2 fully saturated rings. The highest BCUT2D eigenvalue weighted by atomic mass is 19.1. The normalized spacial score (nSPS) is 15.8. The average molecular weight is 920 g/mol. The average Bonchev–Trinajstić information content (AvgIpc) is 3.90. The number of benzene rings is 3. The van der Waals surface area contributed by atoms with Gasteiger partial charge in [0.05, 0.1) is 18.4 Å². The van der Waals surface area contributed by atoms with Crippen LogP contribution in [-0.4, -0.2) is 135 Å². The summed E-state index contributed by atoms with van der Waals surface area (Å²) < 4.78 is 19.0. The van der Waals surface area contributed by atoms with Crippen LogP contribution in [-0.2, 0) is 32.1 Å². The van der Waals surface area contributed by atoms with Gasteiger partial charge in [0.25, 0.3) is 5.91 Å². The smallest absolute Gasteiger partial charge is 0.254 e. The lowest BCUT2D eigenvalue weighted by atomic mass is 9.59. The summed E-state index contributed by atoms with van der Waals surface area (Å²) >= 11 is 0. The number of unbranched alkanes of at least 4 members (excludes halogenated alkanes) is 2. The van der Waals surface area contributed by atoms with Crippen LogP contribution in [0.25, 0.3) is 0 Å². The van der Waals surface area contributed by atoms with E-state index in [9.17, 15) is 14.0 Å². The van der Waals surface area contributed by atoms with E-state index in [0.29, 0.717) is 60.2 Å². The van der Waals surface area contributed by atoms with Crippen molar-refractivity contribution in [2.75, 3.05) is 70.6 Å². The lowest BCUT2D eigenvalue weighted by molar-refractivity contribution is -0.117. The standard InChI is InChI=1S/C24H26BFN5O.C22H33N3O2.C2H3NO2.CH3NO/c1-31-10-9-18(13-31)25-23-21(24(28)30-14-29-23)22(27)16-5-3-15(4-6-16)11-17-12-19(26)7-8-20(17)32-2;1-3-7-18(2)25-17-19-16-20(8-9-21(19)22(25)27)24-13-11-23(12-14-24)10-5-4-6-15-26;4-1-3-2-5;2-1-3/h3-8,12,14,18,27H,9-11,13H2,1-2H3,(H2,28,29,30);8-9,15-16,18H,3-7,10-14,17H2,1-2H3;1-2H,(H,3,4,5);1H,(H2,2,3). The molecule has 2 atom stereocenters. The number of carbonyl (C=O) groups is 5. The number of amides is 4. The summed E-state index contributed by atoms with van der Waals surface area (Å²) in [4.78, 5) is 67.6. The number of aldehydes is 1. The highest BCUT2D eigenvalue weighted by Gasteiger charge is 2.31. The fourth-order valence-corrected chi connectivity index (χ4v) is 8.44. The van der Waals surface area contributed by atoms with Crippen molar-refractivity contribution in [1.29, 1.82) is 5.41 Å². The number of hydrogen-bond acceptors (Lipinski definition) is 13. The molecule has 7 rings (SSSR count). The first kappa shape index (κ1) is 53.1. The zero-order chi connectivity index (χ0) is 48.7. The van der Waals surface area contributed by atoms with Crippen molar-refractivity contribution in [2.45, 2.75) is 77.2 Å². The highest BCUT2D eigenvalue weighted by molar-refractivity contribution is 6.56. The highest BCUT2D eigenvalue weighted by Crippen LogP contribution is 2.30. The van der Waals surface area contributed by atoms with E-state index in [1.165, 1.54) is 29.7 Å². The first-order valence-electron chi connectivity index (χ1n) is 22.7. The predicted octanol–water partition coefficient (Wildman–Crippen LogP) is 3.98. The minimum absolute atomic E-state index is 0.192. The van der Waals surface area contributed by atoms with Crippen LogP contribution in [0, 0.1) is 11.2 Å². The number of likely N-dealkylation sites (tertiary alicyclic amines) is 1. The van der Waals surface area contributed by atoms with E-state index in [0.717, 1.165) is 113 Å². The first-order valence-corrected chi connectivity index (χ1v) is 22.7. The van der Waals surface area contributed by atoms with E-state index < -0.39 is 0 Å². The number of fused-ring (bicyclic) bond motifs is 1. The second-order valence-corrected chi connectivity index (χ2v) is 16.6. The Labute approximate surface area is 394 Å². The molecule has 0 aliphatic carbocycles. The first-order chi connectivity index (χ1) is 32.4. The summed E-state index contributed by atoms with van der Waals surface area (Å²) in [5.41, 5.74) is 17.7. The van der Waals surface area contributed by atoms with Gasteiger partial charge in [0, 0.05) is 79.6 Å². The third-order valence-electron chi connectivity index (χ3n) is 11.9. The van der Waals surface area contributed by atoms with Gasteiger partial charge in [-0.25, -0.2) is 9.37 Å². The summed E-state index contributed by atoms with van der Waals surface area (Å²) in [5, 5.41) is 10.5. The number of carbonyl (C=O) groups excluding carboxylic acids is 5. The topological polar surface area (TPSA) is 221 Å². The van der Waals surface area contributed by atoms with Crippen molar-refractivity contribution < 1.29 is 33.1 Å². The number of nitrogens with two attached hydrogens (primary N) is 2. The number of ether oxygens (including phenoxy) is 1. The van der Waals surface area contributed by atoms with Gasteiger partial charge in [-0.05, 0) is 113 Å². The maximum Gasteiger partial charge on any atom is 0.254 e. The van der Waals surface area contributed by atoms with E-state index in [-0.39, 0.29) is 23.8 Å². The van der Waals surface area contributed by atoms with Crippen LogP contribution in [0.4, 0.5) is 15.9 Å². The number of primary amides is 1. The maximum atomic E-state index is 13.7. The Hall–Kier alpha value is -6.53. The molecule has 4 aromatic rings. The molecule has 4 amide bonds. The van der Waals surface area contributed by atoms with Gasteiger partial charge in [-0.2, -0.15) is 0 Å². The summed E-state index contributed by atoms with van der Waals surface area (Å²) in [6.07, 6.45) is 9.87. The Morgan fingerprint density at radius 1 is 1.00 bits per heavy atom. The van der Waals surface area contributed by atoms with E-state index in [4.69, 9.17) is 30.3 Å². The summed E-state index contributed by atoms with van der Waals surface area (Å²) in [6, 6.07) is 18.8. The fourth-order valence-electron chi connectivity index (χ4n) is 8.44. The molecule has 357 valence electrons. The van der Waals surface area contributed by atoms with E-state index in [1.807, 2.05) is 35.2 Å². The zero-order valence-corrected chi connectivity index (χ0v) is 39.2. The van der Waals surface area contributed by atoms with Crippen LogP contribution in [0.3, 0.4) is 0 Å². The molecular weight excluding hydrogens is 854 g/mol. The number of rotatable bonds is 18. The summed E-state index contributed by atoms with van der Waals surface area (Å²) in [5.74, 6) is 1.23. The number of aromatic nitrogens is 2. The molecule has 67 heavy (non-hydrogen) atoms. The van der Waals surface area contributed by atoms with E-state index >= 15 is 0 Å². The lowest BCUT2D eigenvalue weighted by Crippen LogP contribution is -2.46. The number of anilines is 2. The SMILES string of the molecule is CCCC(C)N1Cc2cc(N3CCN(CCCCC=O)CC3)ccc2C1=O.COc1ccc(F)cc1Cc1ccc(C(=N)c2c(N)ncnc2[B]C2CCN(C)C2)cc1.NC=O.O=CNC=O. The van der Waals surface area contributed by atoms with Gasteiger partial charge in [-0.1, -0.05) is 37.6 Å².